The predicted molar refractivity (Wildman–Crippen MR) is 102 cm³/mol. The average Bonchev–Trinajstić information content (AvgIpc) is 3.27. The molecule has 3 aliphatic rings. The summed E-state index contributed by atoms with van der Waals surface area (Å²) in [5, 5.41) is 1.10. The molecule has 1 amide bonds. The van der Waals surface area contributed by atoms with Crippen molar-refractivity contribution in [3.8, 4) is 0 Å². The van der Waals surface area contributed by atoms with E-state index in [0.29, 0.717) is 29.8 Å². The molecule has 140 valence electrons. The molecular formula is C17H19ClN2O4S2. The number of benzene rings is 1. The normalized spacial score (nSPS) is 31.5. The average molecular weight is 415 g/mol. The van der Waals surface area contributed by atoms with E-state index in [1.165, 1.54) is 11.8 Å². The number of sulfone groups is 1. The minimum atomic E-state index is -3.07. The summed E-state index contributed by atoms with van der Waals surface area (Å²) in [4.78, 5) is 18.6. The lowest BCUT2D eigenvalue weighted by Crippen LogP contribution is -2.37. The zero-order valence-corrected chi connectivity index (χ0v) is 16.4. The fraction of sp³-hybridized carbons (Fsp3) is 0.529. The summed E-state index contributed by atoms with van der Waals surface area (Å²) < 4.78 is 29.5. The number of carbonyl (C=O) groups is 1. The smallest absolute Gasteiger partial charge is 0.277 e. The zero-order valence-electron chi connectivity index (χ0n) is 14.0. The first kappa shape index (κ1) is 18.3. The van der Waals surface area contributed by atoms with Crippen molar-refractivity contribution in [2.24, 2.45) is 4.99 Å². The summed E-state index contributed by atoms with van der Waals surface area (Å²) in [6.45, 7) is 1.02. The summed E-state index contributed by atoms with van der Waals surface area (Å²) in [6, 6.07) is 7.27. The van der Waals surface area contributed by atoms with E-state index < -0.39 is 15.9 Å². The molecule has 4 rings (SSSR count). The standard InChI is InChI=1S/C17H19ClN2O4S2/c18-12-5-2-1-4-11(12)8-20-13-9-26(22,23)10-15(13)25-17(20)19-16(21)14-6-3-7-24-14/h1-2,4-5,13-15H,3,6-10H2/t13-,14+,15+/m1/s1. The van der Waals surface area contributed by atoms with Gasteiger partial charge in [-0.1, -0.05) is 41.6 Å². The molecule has 6 nitrogen and oxygen atoms in total. The van der Waals surface area contributed by atoms with Gasteiger partial charge >= 0.3 is 0 Å². The van der Waals surface area contributed by atoms with Gasteiger partial charge in [0, 0.05) is 23.4 Å². The maximum absolute atomic E-state index is 12.4. The van der Waals surface area contributed by atoms with Crippen molar-refractivity contribution in [3.63, 3.8) is 0 Å². The molecule has 0 aromatic heterocycles. The molecule has 3 fully saturated rings. The van der Waals surface area contributed by atoms with Gasteiger partial charge in [-0.05, 0) is 24.5 Å². The lowest BCUT2D eigenvalue weighted by molar-refractivity contribution is -0.126. The molecule has 3 heterocycles. The van der Waals surface area contributed by atoms with Crippen LogP contribution in [0.15, 0.2) is 29.3 Å². The first-order chi connectivity index (χ1) is 12.4. The number of amidine groups is 1. The second-order valence-electron chi connectivity index (χ2n) is 6.75. The van der Waals surface area contributed by atoms with Gasteiger partial charge < -0.3 is 9.64 Å². The summed E-state index contributed by atoms with van der Waals surface area (Å²) in [6.07, 6.45) is 1.07. The Hall–Kier alpha value is -1.09. The third-order valence-corrected chi connectivity index (χ3v) is 8.50. The molecule has 1 aromatic rings. The second-order valence-corrected chi connectivity index (χ2v) is 10.5. The van der Waals surface area contributed by atoms with Crippen molar-refractivity contribution in [1.82, 2.24) is 4.90 Å². The van der Waals surface area contributed by atoms with Crippen LogP contribution in [0, 0.1) is 0 Å². The largest absolute Gasteiger partial charge is 0.368 e. The number of rotatable bonds is 3. The molecule has 3 saturated heterocycles. The Kier molecular flexibility index (Phi) is 5.02. The fourth-order valence-corrected chi connectivity index (χ4v) is 7.72. The van der Waals surface area contributed by atoms with E-state index >= 15 is 0 Å². The molecule has 0 aliphatic carbocycles. The van der Waals surface area contributed by atoms with E-state index in [2.05, 4.69) is 4.99 Å². The highest BCUT2D eigenvalue weighted by Crippen LogP contribution is 2.39. The van der Waals surface area contributed by atoms with E-state index in [4.69, 9.17) is 16.3 Å². The van der Waals surface area contributed by atoms with Crippen LogP contribution in [0.1, 0.15) is 18.4 Å². The lowest BCUT2D eigenvalue weighted by atomic mass is 10.1. The number of hydrogen-bond donors (Lipinski definition) is 0. The lowest BCUT2D eigenvalue weighted by Gasteiger charge is -2.25. The molecule has 1 aromatic carbocycles. The first-order valence-electron chi connectivity index (χ1n) is 8.54. The van der Waals surface area contributed by atoms with Gasteiger partial charge in [0.1, 0.15) is 6.10 Å². The van der Waals surface area contributed by atoms with Gasteiger partial charge in [-0.15, -0.1) is 0 Å². The van der Waals surface area contributed by atoms with Crippen molar-refractivity contribution >= 4 is 44.3 Å². The molecule has 3 aliphatic heterocycles. The van der Waals surface area contributed by atoms with Crippen molar-refractivity contribution < 1.29 is 17.9 Å². The maximum Gasteiger partial charge on any atom is 0.277 e. The number of thioether (sulfide) groups is 1. The monoisotopic (exact) mass is 414 g/mol. The van der Waals surface area contributed by atoms with Crippen LogP contribution in [-0.2, 0) is 25.9 Å². The molecular weight excluding hydrogens is 396 g/mol. The molecule has 3 atom stereocenters. The molecule has 0 unspecified atom stereocenters. The highest BCUT2D eigenvalue weighted by Gasteiger charge is 2.49. The van der Waals surface area contributed by atoms with Crippen molar-refractivity contribution in [2.45, 2.75) is 36.8 Å². The van der Waals surface area contributed by atoms with Gasteiger partial charge in [-0.3, -0.25) is 4.79 Å². The Morgan fingerprint density at radius 3 is 2.88 bits per heavy atom. The van der Waals surface area contributed by atoms with Crippen molar-refractivity contribution in [2.75, 3.05) is 18.1 Å². The van der Waals surface area contributed by atoms with Gasteiger partial charge in [0.05, 0.1) is 17.5 Å². The summed E-state index contributed by atoms with van der Waals surface area (Å²) in [7, 11) is -3.07. The van der Waals surface area contributed by atoms with Crippen LogP contribution in [-0.4, -0.2) is 59.9 Å². The van der Waals surface area contributed by atoms with Crippen LogP contribution in [0.4, 0.5) is 0 Å². The quantitative estimate of drug-likeness (QED) is 0.754. The third-order valence-electron chi connectivity index (χ3n) is 4.88. The minimum Gasteiger partial charge on any atom is -0.368 e. The molecule has 0 bridgehead atoms. The summed E-state index contributed by atoms with van der Waals surface area (Å²) in [5.74, 6) is -0.0755. The van der Waals surface area contributed by atoms with Gasteiger partial charge in [0.25, 0.3) is 5.91 Å². The van der Waals surface area contributed by atoms with E-state index in [-0.39, 0.29) is 28.7 Å². The molecule has 26 heavy (non-hydrogen) atoms. The second kappa shape index (κ2) is 7.14. The number of carbonyl (C=O) groups excluding carboxylic acids is 1. The van der Waals surface area contributed by atoms with E-state index in [1.807, 2.05) is 23.1 Å². The van der Waals surface area contributed by atoms with Crippen molar-refractivity contribution in [1.29, 1.82) is 0 Å². The highest BCUT2D eigenvalue weighted by molar-refractivity contribution is 8.15. The summed E-state index contributed by atoms with van der Waals surface area (Å²) >= 11 is 7.66. The molecule has 0 saturated carbocycles. The Balaban J connectivity index is 1.62. The number of fused-ring (bicyclic) bond motifs is 1. The zero-order chi connectivity index (χ0) is 18.3. The topological polar surface area (TPSA) is 76.0 Å². The van der Waals surface area contributed by atoms with Crippen LogP contribution in [0.25, 0.3) is 0 Å². The highest BCUT2D eigenvalue weighted by atomic mass is 35.5. The Morgan fingerprint density at radius 2 is 2.15 bits per heavy atom. The number of hydrogen-bond acceptors (Lipinski definition) is 5. The first-order valence-corrected chi connectivity index (χ1v) is 11.6. The van der Waals surface area contributed by atoms with Crippen LogP contribution in [0.5, 0.6) is 0 Å². The van der Waals surface area contributed by atoms with Crippen LogP contribution in [0.3, 0.4) is 0 Å². The minimum absolute atomic E-state index is 0.0856. The van der Waals surface area contributed by atoms with Crippen molar-refractivity contribution in [3.05, 3.63) is 34.9 Å². The van der Waals surface area contributed by atoms with E-state index in [1.54, 1.807) is 6.07 Å². The van der Waals surface area contributed by atoms with Gasteiger partial charge in [-0.25, -0.2) is 8.42 Å². The van der Waals surface area contributed by atoms with Crippen LogP contribution in [0.2, 0.25) is 5.02 Å². The SMILES string of the molecule is O=C(N=C1S[C@H]2CS(=O)(=O)C[C@H]2N1Cc1ccccc1Cl)[C@@H]1CCCO1. The Labute approximate surface area is 161 Å². The van der Waals surface area contributed by atoms with Gasteiger partial charge in [0.15, 0.2) is 15.0 Å². The molecule has 0 spiro atoms. The third kappa shape index (κ3) is 3.65. The number of aliphatic imine (C=N–C) groups is 1. The predicted octanol–water partition coefficient (Wildman–Crippen LogP) is 2.12. The van der Waals surface area contributed by atoms with Gasteiger partial charge in [-0.2, -0.15) is 4.99 Å². The Bertz CT molecular complexity index is 852. The summed E-state index contributed by atoms with van der Waals surface area (Å²) in [5.41, 5.74) is 0.886. The van der Waals surface area contributed by atoms with E-state index in [9.17, 15) is 13.2 Å². The number of halogens is 1. The molecule has 0 N–H and O–H groups in total. The van der Waals surface area contributed by atoms with E-state index in [0.717, 1.165) is 12.0 Å². The molecule has 0 radical (unpaired) electrons. The Morgan fingerprint density at radius 1 is 1.35 bits per heavy atom. The van der Waals surface area contributed by atoms with Gasteiger partial charge in [0.2, 0.25) is 0 Å². The maximum atomic E-state index is 12.4. The number of nitrogens with zero attached hydrogens (tertiary/aromatic N) is 2. The van der Waals surface area contributed by atoms with Crippen LogP contribution < -0.4 is 0 Å². The van der Waals surface area contributed by atoms with Crippen LogP contribution >= 0.6 is 23.4 Å². The number of ether oxygens (including phenoxy) is 1. The number of amides is 1. The fourth-order valence-electron chi connectivity index (χ4n) is 3.57. The molecule has 9 heteroatoms.